The van der Waals surface area contributed by atoms with E-state index in [9.17, 15) is 18.4 Å². The van der Waals surface area contributed by atoms with Gasteiger partial charge in [0.15, 0.2) is 11.5 Å². The van der Waals surface area contributed by atoms with E-state index in [1.807, 2.05) is 0 Å². The van der Waals surface area contributed by atoms with Crippen LogP contribution in [0.3, 0.4) is 0 Å². The van der Waals surface area contributed by atoms with Crippen molar-refractivity contribution < 1.29 is 27.3 Å². The molecule has 3 heterocycles. The number of aryl methyl sites for hydroxylation is 1. The number of likely N-dealkylation sites (tertiary alicyclic amines) is 1. The highest BCUT2D eigenvalue weighted by Crippen LogP contribution is 2.29. The van der Waals surface area contributed by atoms with Crippen molar-refractivity contribution in [2.75, 3.05) is 13.1 Å². The predicted molar refractivity (Wildman–Crippen MR) is 135 cm³/mol. The number of nitrogens with one attached hydrogen (secondary N) is 2. The van der Waals surface area contributed by atoms with Gasteiger partial charge in [-0.3, -0.25) is 14.5 Å². The number of nitrogens with zero attached hydrogens (tertiary/aromatic N) is 4. The van der Waals surface area contributed by atoms with E-state index in [4.69, 9.17) is 8.94 Å². The van der Waals surface area contributed by atoms with E-state index in [1.54, 1.807) is 13.8 Å². The van der Waals surface area contributed by atoms with Crippen molar-refractivity contribution in [3.63, 3.8) is 0 Å². The van der Waals surface area contributed by atoms with Gasteiger partial charge in [-0.2, -0.15) is 0 Å². The molecule has 2 fully saturated rings. The van der Waals surface area contributed by atoms with E-state index < -0.39 is 35.5 Å². The zero-order valence-corrected chi connectivity index (χ0v) is 22.0. The van der Waals surface area contributed by atoms with Crippen LogP contribution in [0.2, 0.25) is 0 Å². The summed E-state index contributed by atoms with van der Waals surface area (Å²) in [5.41, 5.74) is -0.0662. The van der Waals surface area contributed by atoms with Crippen LogP contribution in [-0.2, 0) is 4.79 Å². The van der Waals surface area contributed by atoms with Crippen LogP contribution in [0.15, 0.2) is 33.2 Å². The van der Waals surface area contributed by atoms with E-state index in [0.717, 1.165) is 31.5 Å². The van der Waals surface area contributed by atoms with Crippen LogP contribution in [0.25, 0.3) is 11.3 Å². The third-order valence-electron chi connectivity index (χ3n) is 7.60. The van der Waals surface area contributed by atoms with Gasteiger partial charge in [-0.05, 0) is 38.3 Å². The zero-order valence-electron chi connectivity index (χ0n) is 22.0. The Labute approximate surface area is 224 Å². The largest absolute Gasteiger partial charge is 0.423 e. The zero-order chi connectivity index (χ0) is 27.5. The molecule has 0 bridgehead atoms. The van der Waals surface area contributed by atoms with Crippen molar-refractivity contribution in [1.82, 2.24) is 30.9 Å². The summed E-state index contributed by atoms with van der Waals surface area (Å²) < 4.78 is 38.1. The van der Waals surface area contributed by atoms with Crippen molar-refractivity contribution in [2.45, 2.75) is 70.5 Å². The van der Waals surface area contributed by atoms with Crippen molar-refractivity contribution >= 4 is 11.8 Å². The fourth-order valence-corrected chi connectivity index (χ4v) is 5.50. The van der Waals surface area contributed by atoms with Gasteiger partial charge in [-0.15, -0.1) is 10.2 Å². The molecule has 3 aromatic rings. The lowest BCUT2D eigenvalue weighted by atomic mass is 9.86. The molecular weight excluding hydrogens is 510 g/mol. The number of amides is 2. The first-order valence-corrected chi connectivity index (χ1v) is 13.4. The SMILES string of the molecule is Cc1nnc(C(C)NC(=O)[C@@H]2CN(C3CCCCC3)CC[C@H]2NC(=O)c2cc(-c3ccc(F)cc3F)on2)o1. The van der Waals surface area contributed by atoms with Crippen LogP contribution in [0, 0.1) is 24.5 Å². The van der Waals surface area contributed by atoms with Crippen molar-refractivity contribution in [3.05, 3.63) is 53.4 Å². The molecule has 1 saturated carbocycles. The van der Waals surface area contributed by atoms with Gasteiger partial charge in [0.05, 0.1) is 11.5 Å². The third kappa shape index (κ3) is 6.16. The Morgan fingerprint density at radius 3 is 2.62 bits per heavy atom. The van der Waals surface area contributed by atoms with Gasteiger partial charge in [-0.1, -0.05) is 24.4 Å². The summed E-state index contributed by atoms with van der Waals surface area (Å²) in [4.78, 5) is 29.0. The first kappa shape index (κ1) is 26.9. The number of rotatable bonds is 7. The number of carbonyl (C=O) groups excluding carboxylic acids is 2. The highest BCUT2D eigenvalue weighted by atomic mass is 19.1. The fraction of sp³-hybridized carbons (Fsp3) is 0.519. The number of piperidine rings is 1. The van der Waals surface area contributed by atoms with Crippen LogP contribution >= 0.6 is 0 Å². The summed E-state index contributed by atoms with van der Waals surface area (Å²) in [6, 6.07) is 3.82. The Bertz CT molecular complexity index is 1320. The molecule has 1 unspecified atom stereocenters. The molecule has 208 valence electrons. The average molecular weight is 543 g/mol. The fourth-order valence-electron chi connectivity index (χ4n) is 5.50. The summed E-state index contributed by atoms with van der Waals surface area (Å²) >= 11 is 0. The van der Waals surface area contributed by atoms with Gasteiger partial charge in [0.2, 0.25) is 17.7 Å². The second-order valence-corrected chi connectivity index (χ2v) is 10.4. The van der Waals surface area contributed by atoms with E-state index in [1.165, 1.54) is 31.4 Å². The van der Waals surface area contributed by atoms with Gasteiger partial charge in [0.25, 0.3) is 5.91 Å². The number of aromatic nitrogens is 3. The van der Waals surface area contributed by atoms with Crippen LogP contribution in [0.5, 0.6) is 0 Å². The molecule has 1 aliphatic heterocycles. The van der Waals surface area contributed by atoms with Gasteiger partial charge >= 0.3 is 0 Å². The van der Waals surface area contributed by atoms with Gasteiger partial charge in [0, 0.05) is 44.2 Å². The maximum atomic E-state index is 14.2. The monoisotopic (exact) mass is 542 g/mol. The molecule has 39 heavy (non-hydrogen) atoms. The number of hydrogen-bond acceptors (Lipinski definition) is 8. The molecule has 10 nitrogen and oxygen atoms in total. The second kappa shape index (κ2) is 11.6. The maximum Gasteiger partial charge on any atom is 0.273 e. The molecule has 1 saturated heterocycles. The van der Waals surface area contributed by atoms with Crippen LogP contribution in [-0.4, -0.2) is 57.2 Å². The molecule has 5 rings (SSSR count). The molecule has 3 atom stereocenters. The van der Waals surface area contributed by atoms with Gasteiger partial charge < -0.3 is 19.6 Å². The molecule has 2 N–H and O–H groups in total. The quantitative estimate of drug-likeness (QED) is 0.460. The summed E-state index contributed by atoms with van der Waals surface area (Å²) in [7, 11) is 0. The summed E-state index contributed by atoms with van der Waals surface area (Å²) in [6.07, 6.45) is 6.36. The smallest absolute Gasteiger partial charge is 0.273 e. The average Bonchev–Trinajstić information content (AvgIpc) is 3.59. The van der Waals surface area contributed by atoms with Gasteiger partial charge in [-0.25, -0.2) is 8.78 Å². The molecule has 2 amide bonds. The minimum absolute atomic E-state index is 0.00253. The second-order valence-electron chi connectivity index (χ2n) is 10.4. The maximum absolute atomic E-state index is 14.2. The third-order valence-corrected chi connectivity index (χ3v) is 7.60. The van der Waals surface area contributed by atoms with E-state index >= 15 is 0 Å². The van der Waals surface area contributed by atoms with Crippen molar-refractivity contribution in [1.29, 1.82) is 0 Å². The Kier molecular flexibility index (Phi) is 8.01. The summed E-state index contributed by atoms with van der Waals surface area (Å²) in [5, 5.41) is 17.5. The first-order chi connectivity index (χ1) is 18.8. The number of halogens is 2. The normalized spacial score (nSPS) is 21.4. The highest BCUT2D eigenvalue weighted by molar-refractivity contribution is 5.94. The lowest BCUT2D eigenvalue weighted by molar-refractivity contribution is -0.129. The Hall–Kier alpha value is -3.67. The molecule has 2 aromatic heterocycles. The summed E-state index contributed by atoms with van der Waals surface area (Å²) in [6.45, 7) is 4.70. The van der Waals surface area contributed by atoms with E-state index in [-0.39, 0.29) is 22.9 Å². The summed E-state index contributed by atoms with van der Waals surface area (Å²) in [5.74, 6) is -2.12. The Morgan fingerprint density at radius 2 is 1.90 bits per heavy atom. The minimum atomic E-state index is -0.824. The van der Waals surface area contributed by atoms with E-state index in [2.05, 4.69) is 30.9 Å². The van der Waals surface area contributed by atoms with Crippen LogP contribution < -0.4 is 10.6 Å². The lowest BCUT2D eigenvalue weighted by Gasteiger charge is -2.43. The molecule has 0 spiro atoms. The van der Waals surface area contributed by atoms with Crippen LogP contribution in [0.1, 0.15) is 73.8 Å². The Morgan fingerprint density at radius 1 is 1.10 bits per heavy atom. The highest BCUT2D eigenvalue weighted by Gasteiger charge is 2.39. The molecule has 1 aromatic carbocycles. The Balaban J connectivity index is 1.31. The standard InChI is InChI=1S/C27H32F2N6O4/c1-15(27-33-32-16(2)38-27)30-25(36)20-14-35(18-6-4-3-5-7-18)11-10-22(20)31-26(37)23-13-24(39-34-23)19-9-8-17(28)12-21(19)29/h8-9,12-13,15,18,20,22H,3-7,10-11,14H2,1-2H3,(H,30,36)(H,31,37)/t15?,20-,22-/m1/s1. The molecule has 0 radical (unpaired) electrons. The molecular formula is C27H32F2N6O4. The first-order valence-electron chi connectivity index (χ1n) is 13.4. The van der Waals surface area contributed by atoms with Crippen LogP contribution in [0.4, 0.5) is 8.78 Å². The van der Waals surface area contributed by atoms with Crippen molar-refractivity contribution in [2.24, 2.45) is 5.92 Å². The van der Waals surface area contributed by atoms with Gasteiger partial charge in [0.1, 0.15) is 17.7 Å². The molecule has 12 heteroatoms. The predicted octanol–water partition coefficient (Wildman–Crippen LogP) is 3.94. The van der Waals surface area contributed by atoms with E-state index in [0.29, 0.717) is 30.8 Å². The number of benzene rings is 1. The van der Waals surface area contributed by atoms with Crippen molar-refractivity contribution in [3.8, 4) is 11.3 Å². The molecule has 1 aliphatic carbocycles. The number of hydrogen-bond donors (Lipinski definition) is 2. The number of carbonyl (C=O) groups is 2. The molecule has 2 aliphatic rings. The minimum Gasteiger partial charge on any atom is -0.423 e. The topological polar surface area (TPSA) is 126 Å². The lowest BCUT2D eigenvalue weighted by Crippen LogP contribution is -2.58.